The highest BCUT2D eigenvalue weighted by molar-refractivity contribution is 4.73. The van der Waals surface area contributed by atoms with Gasteiger partial charge in [0.2, 0.25) is 0 Å². The predicted octanol–water partition coefficient (Wildman–Crippen LogP) is 1.65. The molecule has 1 atom stereocenters. The first kappa shape index (κ1) is 14.9. The Morgan fingerprint density at radius 1 is 1.00 bits per heavy atom. The lowest BCUT2D eigenvalue weighted by atomic mass is 9.99. The number of likely N-dealkylation sites (N-methyl/N-ethyl adjacent to an activating group) is 2. The van der Waals surface area contributed by atoms with Gasteiger partial charge in [0.05, 0.1) is 0 Å². The second-order valence-corrected chi connectivity index (χ2v) is 5.13. The Balaban J connectivity index is 2.22. The molecule has 0 saturated carbocycles. The van der Waals surface area contributed by atoms with Crippen molar-refractivity contribution in [1.82, 2.24) is 15.1 Å². The van der Waals surface area contributed by atoms with Gasteiger partial charge in [-0.25, -0.2) is 0 Å². The second kappa shape index (κ2) is 8.90. The Labute approximate surface area is 108 Å². The first-order valence-corrected chi connectivity index (χ1v) is 7.45. The van der Waals surface area contributed by atoms with Gasteiger partial charge in [0.25, 0.3) is 0 Å². The Kier molecular flexibility index (Phi) is 7.82. The number of hydrogen-bond donors (Lipinski definition) is 1. The molecule has 0 aliphatic carbocycles. The van der Waals surface area contributed by atoms with Crippen molar-refractivity contribution in [2.24, 2.45) is 5.92 Å². The maximum atomic E-state index is 3.51. The molecule has 0 radical (unpaired) electrons. The van der Waals surface area contributed by atoms with Crippen LogP contribution < -0.4 is 5.32 Å². The first-order chi connectivity index (χ1) is 8.30. The molecule has 1 unspecified atom stereocenters. The summed E-state index contributed by atoms with van der Waals surface area (Å²) in [5.74, 6) is 0.875. The molecule has 1 rings (SSSR count). The van der Waals surface area contributed by atoms with Crippen molar-refractivity contribution >= 4 is 0 Å². The molecule has 3 nitrogen and oxygen atoms in total. The van der Waals surface area contributed by atoms with E-state index in [1.807, 2.05) is 0 Å². The lowest BCUT2D eigenvalue weighted by Gasteiger charge is -2.30. The molecule has 1 aliphatic rings. The minimum absolute atomic E-state index is 0.875. The highest BCUT2D eigenvalue weighted by Gasteiger charge is 2.16. The van der Waals surface area contributed by atoms with E-state index in [4.69, 9.17) is 0 Å². The van der Waals surface area contributed by atoms with Crippen molar-refractivity contribution in [3.8, 4) is 0 Å². The van der Waals surface area contributed by atoms with Crippen LogP contribution in [0, 0.1) is 5.92 Å². The van der Waals surface area contributed by atoms with Gasteiger partial charge >= 0.3 is 0 Å². The maximum absolute atomic E-state index is 3.51. The number of hydrogen-bond acceptors (Lipinski definition) is 3. The second-order valence-electron chi connectivity index (χ2n) is 5.13. The Morgan fingerprint density at radius 2 is 1.65 bits per heavy atom. The molecule has 1 fully saturated rings. The molecule has 0 amide bonds. The largest absolute Gasteiger partial charge is 0.316 e. The van der Waals surface area contributed by atoms with Crippen LogP contribution in [-0.4, -0.2) is 62.2 Å². The summed E-state index contributed by atoms with van der Waals surface area (Å²) in [6.07, 6.45) is 2.77. The molecule has 0 aromatic carbocycles. The Hall–Kier alpha value is -0.120. The van der Waals surface area contributed by atoms with Gasteiger partial charge in [0.15, 0.2) is 0 Å². The zero-order valence-corrected chi connectivity index (χ0v) is 12.0. The lowest BCUT2D eigenvalue weighted by Crippen LogP contribution is -2.41. The fourth-order valence-electron chi connectivity index (χ4n) is 2.65. The summed E-state index contributed by atoms with van der Waals surface area (Å²) < 4.78 is 0. The van der Waals surface area contributed by atoms with Crippen LogP contribution in [-0.2, 0) is 0 Å². The zero-order chi connectivity index (χ0) is 12.5. The van der Waals surface area contributed by atoms with E-state index in [-0.39, 0.29) is 0 Å². The zero-order valence-electron chi connectivity index (χ0n) is 12.0. The van der Waals surface area contributed by atoms with Gasteiger partial charge in [0, 0.05) is 19.6 Å². The number of rotatable bonds is 8. The van der Waals surface area contributed by atoms with E-state index in [0.29, 0.717) is 0 Å². The van der Waals surface area contributed by atoms with Crippen molar-refractivity contribution in [3.05, 3.63) is 0 Å². The summed E-state index contributed by atoms with van der Waals surface area (Å²) in [6, 6.07) is 0. The van der Waals surface area contributed by atoms with Crippen LogP contribution in [0.2, 0.25) is 0 Å². The highest BCUT2D eigenvalue weighted by atomic mass is 15.2. The molecule has 1 aliphatic heterocycles. The van der Waals surface area contributed by atoms with E-state index in [0.717, 1.165) is 5.92 Å². The van der Waals surface area contributed by atoms with E-state index >= 15 is 0 Å². The topological polar surface area (TPSA) is 18.5 Å². The van der Waals surface area contributed by atoms with Gasteiger partial charge in [-0.2, -0.15) is 0 Å². The van der Waals surface area contributed by atoms with Crippen molar-refractivity contribution < 1.29 is 0 Å². The predicted molar refractivity (Wildman–Crippen MR) is 75.5 cm³/mol. The van der Waals surface area contributed by atoms with Crippen molar-refractivity contribution in [2.75, 3.05) is 52.4 Å². The van der Waals surface area contributed by atoms with Gasteiger partial charge in [0.1, 0.15) is 0 Å². The molecular formula is C14H31N3. The van der Waals surface area contributed by atoms with Crippen molar-refractivity contribution in [2.45, 2.75) is 33.6 Å². The Bertz CT molecular complexity index is 174. The Morgan fingerprint density at radius 3 is 2.18 bits per heavy atom. The molecule has 1 heterocycles. The molecule has 0 bridgehead atoms. The van der Waals surface area contributed by atoms with Gasteiger partial charge < -0.3 is 15.1 Å². The molecule has 102 valence electrons. The van der Waals surface area contributed by atoms with Gasteiger partial charge in [-0.15, -0.1) is 0 Å². The summed E-state index contributed by atoms with van der Waals surface area (Å²) in [6.45, 7) is 16.5. The van der Waals surface area contributed by atoms with Crippen molar-refractivity contribution in [3.63, 3.8) is 0 Å². The third kappa shape index (κ3) is 5.84. The smallest absolute Gasteiger partial charge is 0.0109 e. The standard InChI is InChI=1S/C14H31N3/c1-4-16(5-2)10-11-17(6-3)13-14-8-7-9-15-12-14/h14-15H,4-13H2,1-3H3. The quantitative estimate of drug-likeness (QED) is 0.697. The van der Waals surface area contributed by atoms with Crippen LogP contribution in [0.3, 0.4) is 0 Å². The molecule has 17 heavy (non-hydrogen) atoms. The van der Waals surface area contributed by atoms with E-state index < -0.39 is 0 Å². The molecule has 1 saturated heterocycles. The highest BCUT2D eigenvalue weighted by Crippen LogP contribution is 2.11. The van der Waals surface area contributed by atoms with Crippen LogP contribution in [0.4, 0.5) is 0 Å². The molecule has 0 aromatic heterocycles. The lowest BCUT2D eigenvalue weighted by molar-refractivity contribution is 0.184. The van der Waals surface area contributed by atoms with Crippen LogP contribution in [0.5, 0.6) is 0 Å². The number of nitrogens with zero attached hydrogens (tertiary/aromatic N) is 2. The minimum Gasteiger partial charge on any atom is -0.316 e. The van der Waals surface area contributed by atoms with Crippen LogP contribution in [0.15, 0.2) is 0 Å². The average molecular weight is 241 g/mol. The van der Waals surface area contributed by atoms with Crippen LogP contribution in [0.25, 0.3) is 0 Å². The van der Waals surface area contributed by atoms with Gasteiger partial charge in [-0.3, -0.25) is 0 Å². The fourth-order valence-corrected chi connectivity index (χ4v) is 2.65. The third-order valence-corrected chi connectivity index (χ3v) is 3.99. The molecule has 3 heteroatoms. The summed E-state index contributed by atoms with van der Waals surface area (Å²) in [5.41, 5.74) is 0. The molecule has 0 spiro atoms. The summed E-state index contributed by atoms with van der Waals surface area (Å²) >= 11 is 0. The summed E-state index contributed by atoms with van der Waals surface area (Å²) in [7, 11) is 0. The third-order valence-electron chi connectivity index (χ3n) is 3.99. The van der Waals surface area contributed by atoms with E-state index in [1.165, 1.54) is 65.2 Å². The number of piperidine rings is 1. The maximum Gasteiger partial charge on any atom is 0.0109 e. The monoisotopic (exact) mass is 241 g/mol. The molecule has 0 aromatic rings. The normalized spacial score (nSPS) is 21.4. The SMILES string of the molecule is CCN(CC)CCN(CC)CC1CCCNC1. The fraction of sp³-hybridized carbons (Fsp3) is 1.00. The molecule has 1 N–H and O–H groups in total. The van der Waals surface area contributed by atoms with E-state index in [2.05, 4.69) is 35.9 Å². The molecular weight excluding hydrogens is 210 g/mol. The minimum atomic E-state index is 0.875. The van der Waals surface area contributed by atoms with Crippen LogP contribution >= 0.6 is 0 Å². The van der Waals surface area contributed by atoms with Crippen molar-refractivity contribution in [1.29, 1.82) is 0 Å². The number of nitrogens with one attached hydrogen (secondary N) is 1. The van der Waals surface area contributed by atoms with E-state index in [1.54, 1.807) is 0 Å². The van der Waals surface area contributed by atoms with E-state index in [9.17, 15) is 0 Å². The van der Waals surface area contributed by atoms with Crippen LogP contribution in [0.1, 0.15) is 33.6 Å². The van der Waals surface area contributed by atoms with Gasteiger partial charge in [-0.1, -0.05) is 20.8 Å². The first-order valence-electron chi connectivity index (χ1n) is 7.45. The van der Waals surface area contributed by atoms with Gasteiger partial charge in [-0.05, 0) is 51.5 Å². The average Bonchev–Trinajstić information content (AvgIpc) is 2.39. The summed E-state index contributed by atoms with van der Waals surface area (Å²) in [5, 5.41) is 3.51. The summed E-state index contributed by atoms with van der Waals surface area (Å²) in [4.78, 5) is 5.14.